The summed E-state index contributed by atoms with van der Waals surface area (Å²) in [5.74, 6) is 0.594. The first-order valence-electron chi connectivity index (χ1n) is 16.2. The van der Waals surface area contributed by atoms with Crippen LogP contribution < -0.4 is 4.74 Å². The Labute approximate surface area is 264 Å². The number of ether oxygens (including phenoxy) is 2. The third-order valence-corrected chi connectivity index (χ3v) is 7.80. The molecule has 3 nitrogen and oxygen atoms in total. The normalized spacial score (nSPS) is 10.6. The van der Waals surface area contributed by atoms with Gasteiger partial charge in [0.2, 0.25) is 0 Å². The van der Waals surface area contributed by atoms with Crippen LogP contribution in [0, 0.1) is 0 Å². The average molecular weight is 587 g/mol. The summed E-state index contributed by atoms with van der Waals surface area (Å²) < 4.78 is 11.1. The quantitative estimate of drug-likeness (QED) is 0.0474. The Balaban J connectivity index is 1.26. The highest BCUT2D eigenvalue weighted by atomic mass is 16.5. The highest BCUT2D eigenvalue weighted by molar-refractivity contribution is 6.04. The van der Waals surface area contributed by atoms with Crippen LogP contribution in [0.2, 0.25) is 0 Å². The van der Waals surface area contributed by atoms with E-state index in [2.05, 4.69) is 122 Å². The molecule has 0 fully saturated rings. The van der Waals surface area contributed by atoms with E-state index in [9.17, 15) is 4.79 Å². The lowest BCUT2D eigenvalue weighted by molar-refractivity contribution is -0.137. The smallest absolute Gasteiger partial charge is 0.330 e. The number of rotatable bonds is 19. The van der Waals surface area contributed by atoms with E-state index in [0.717, 1.165) is 31.6 Å². The summed E-state index contributed by atoms with van der Waals surface area (Å²) in [4.78, 5) is 11.0. The van der Waals surface area contributed by atoms with E-state index in [1.54, 1.807) is 0 Å². The molecule has 4 aromatic rings. The van der Waals surface area contributed by atoms with Gasteiger partial charge in [0.15, 0.2) is 0 Å². The Morgan fingerprint density at radius 3 is 1.25 bits per heavy atom. The molecule has 4 aromatic carbocycles. The molecule has 0 amide bonds. The molecule has 0 heterocycles. The van der Waals surface area contributed by atoms with Gasteiger partial charge in [0.1, 0.15) is 5.75 Å². The standard InChI is InChI=1S/C41H46O3/c1-2-39(42)44-33-21-10-8-6-4-3-5-7-9-20-32-43-38-30-28-37(29-31-38)41(36-26-18-13-19-27-36)40(34-22-14-11-15-23-34)35-24-16-12-17-25-35/h2,11-19,22-31H,1,3-10,20-21,32-33H2. The van der Waals surface area contributed by atoms with Crippen molar-refractivity contribution in [2.75, 3.05) is 13.2 Å². The highest BCUT2D eigenvalue weighted by Gasteiger charge is 2.16. The van der Waals surface area contributed by atoms with Gasteiger partial charge in [-0.25, -0.2) is 4.79 Å². The van der Waals surface area contributed by atoms with Crippen molar-refractivity contribution < 1.29 is 14.3 Å². The molecule has 3 heteroatoms. The molecule has 0 radical (unpaired) electrons. The summed E-state index contributed by atoms with van der Waals surface area (Å²) >= 11 is 0. The lowest BCUT2D eigenvalue weighted by Crippen LogP contribution is -2.01. The van der Waals surface area contributed by atoms with Gasteiger partial charge in [-0.1, -0.05) is 161 Å². The summed E-state index contributed by atoms with van der Waals surface area (Å²) in [5, 5.41) is 0. The Morgan fingerprint density at radius 1 is 0.477 bits per heavy atom. The van der Waals surface area contributed by atoms with Crippen LogP contribution >= 0.6 is 0 Å². The SMILES string of the molecule is C=CC(=O)OCCCCCCCCCCCCOc1ccc(C(=C(c2ccccc2)c2ccccc2)c2ccccc2)cc1. The summed E-state index contributed by atoms with van der Waals surface area (Å²) in [7, 11) is 0. The topological polar surface area (TPSA) is 35.5 Å². The van der Waals surface area contributed by atoms with Gasteiger partial charge in [-0.15, -0.1) is 0 Å². The second-order valence-electron chi connectivity index (χ2n) is 11.1. The van der Waals surface area contributed by atoms with Crippen LogP contribution in [0.5, 0.6) is 5.75 Å². The van der Waals surface area contributed by atoms with Gasteiger partial charge in [-0.05, 0) is 58.4 Å². The fraction of sp³-hybridized carbons (Fsp3) is 0.293. The molecule has 0 N–H and O–H groups in total. The van der Waals surface area contributed by atoms with Crippen molar-refractivity contribution in [1.82, 2.24) is 0 Å². The minimum absolute atomic E-state index is 0.324. The second kappa shape index (κ2) is 19.0. The molecule has 0 aliphatic rings. The summed E-state index contributed by atoms with van der Waals surface area (Å²) in [6.45, 7) is 4.66. The second-order valence-corrected chi connectivity index (χ2v) is 11.1. The minimum Gasteiger partial charge on any atom is -0.494 e. The van der Waals surface area contributed by atoms with Gasteiger partial charge in [0.05, 0.1) is 13.2 Å². The zero-order valence-corrected chi connectivity index (χ0v) is 26.0. The number of unbranched alkanes of at least 4 members (excludes halogenated alkanes) is 9. The first kappa shape index (κ1) is 32.5. The van der Waals surface area contributed by atoms with Gasteiger partial charge < -0.3 is 9.47 Å². The Morgan fingerprint density at radius 2 is 0.841 bits per heavy atom. The molecule has 228 valence electrons. The van der Waals surface area contributed by atoms with Gasteiger partial charge in [0, 0.05) is 6.08 Å². The first-order chi connectivity index (χ1) is 21.8. The van der Waals surface area contributed by atoms with Gasteiger partial charge >= 0.3 is 5.97 Å². The number of carbonyl (C=O) groups excluding carboxylic acids is 1. The molecule has 0 saturated carbocycles. The van der Waals surface area contributed by atoms with Crippen molar-refractivity contribution in [2.45, 2.75) is 64.2 Å². The molecule has 0 aliphatic heterocycles. The molecule has 0 aromatic heterocycles. The van der Waals surface area contributed by atoms with Crippen LogP contribution in [-0.4, -0.2) is 19.2 Å². The molecular formula is C41H46O3. The van der Waals surface area contributed by atoms with Crippen LogP contribution in [-0.2, 0) is 9.53 Å². The third-order valence-electron chi connectivity index (χ3n) is 7.80. The van der Waals surface area contributed by atoms with Gasteiger partial charge in [-0.2, -0.15) is 0 Å². The number of benzene rings is 4. The molecule has 44 heavy (non-hydrogen) atoms. The monoisotopic (exact) mass is 586 g/mol. The van der Waals surface area contributed by atoms with Crippen molar-refractivity contribution in [3.63, 3.8) is 0 Å². The summed E-state index contributed by atoms with van der Waals surface area (Å²) in [5.41, 5.74) is 7.18. The van der Waals surface area contributed by atoms with E-state index >= 15 is 0 Å². The number of esters is 1. The third kappa shape index (κ3) is 10.7. The largest absolute Gasteiger partial charge is 0.494 e. The van der Waals surface area contributed by atoms with Crippen LogP contribution in [0.1, 0.15) is 86.5 Å². The van der Waals surface area contributed by atoms with Crippen molar-refractivity contribution in [3.8, 4) is 5.75 Å². The molecule has 0 spiro atoms. The lowest BCUT2D eigenvalue weighted by atomic mass is 9.86. The van der Waals surface area contributed by atoms with Crippen molar-refractivity contribution in [3.05, 3.63) is 150 Å². The molecule has 0 unspecified atom stereocenters. The van der Waals surface area contributed by atoms with Crippen LogP contribution in [0.3, 0.4) is 0 Å². The summed E-state index contributed by atoms with van der Waals surface area (Å²) in [6.07, 6.45) is 13.1. The first-order valence-corrected chi connectivity index (χ1v) is 16.2. The van der Waals surface area contributed by atoms with Gasteiger partial charge in [-0.3, -0.25) is 0 Å². The van der Waals surface area contributed by atoms with E-state index in [1.165, 1.54) is 84.4 Å². The van der Waals surface area contributed by atoms with Crippen LogP contribution in [0.25, 0.3) is 11.1 Å². The number of hydrogen-bond donors (Lipinski definition) is 0. The number of carbonyl (C=O) groups is 1. The van der Waals surface area contributed by atoms with E-state index in [-0.39, 0.29) is 5.97 Å². The summed E-state index contributed by atoms with van der Waals surface area (Å²) in [6, 6.07) is 40.6. The maximum atomic E-state index is 11.0. The van der Waals surface area contributed by atoms with E-state index in [0.29, 0.717) is 6.61 Å². The Hall–Kier alpha value is -4.37. The van der Waals surface area contributed by atoms with E-state index in [1.807, 2.05) is 0 Å². The van der Waals surface area contributed by atoms with Crippen LogP contribution in [0.15, 0.2) is 128 Å². The molecule has 4 rings (SSSR count). The molecule has 0 aliphatic carbocycles. The van der Waals surface area contributed by atoms with Crippen molar-refractivity contribution in [2.24, 2.45) is 0 Å². The fourth-order valence-electron chi connectivity index (χ4n) is 5.48. The van der Waals surface area contributed by atoms with Crippen LogP contribution in [0.4, 0.5) is 0 Å². The predicted molar refractivity (Wildman–Crippen MR) is 184 cm³/mol. The van der Waals surface area contributed by atoms with Gasteiger partial charge in [0.25, 0.3) is 0 Å². The fourth-order valence-corrected chi connectivity index (χ4v) is 5.48. The number of hydrogen-bond acceptors (Lipinski definition) is 3. The zero-order chi connectivity index (χ0) is 30.7. The maximum absolute atomic E-state index is 11.0. The zero-order valence-electron chi connectivity index (χ0n) is 26.0. The molecule has 0 bridgehead atoms. The minimum atomic E-state index is -0.324. The van der Waals surface area contributed by atoms with E-state index < -0.39 is 0 Å². The Kier molecular flexibility index (Phi) is 14.1. The predicted octanol–water partition coefficient (Wildman–Crippen LogP) is 10.7. The Bertz CT molecular complexity index is 1370. The lowest BCUT2D eigenvalue weighted by Gasteiger charge is -2.18. The average Bonchev–Trinajstić information content (AvgIpc) is 3.08. The molecular weight excluding hydrogens is 540 g/mol. The molecule has 0 saturated heterocycles. The maximum Gasteiger partial charge on any atom is 0.330 e. The van der Waals surface area contributed by atoms with Crippen molar-refractivity contribution in [1.29, 1.82) is 0 Å². The molecule has 0 atom stereocenters. The highest BCUT2D eigenvalue weighted by Crippen LogP contribution is 2.37. The van der Waals surface area contributed by atoms with E-state index in [4.69, 9.17) is 9.47 Å². The van der Waals surface area contributed by atoms with Crippen molar-refractivity contribution >= 4 is 17.1 Å².